The molecule has 2 amide bonds. The summed E-state index contributed by atoms with van der Waals surface area (Å²) in [6.45, 7) is 5.08. The molecule has 3 saturated heterocycles. The maximum absolute atomic E-state index is 13.7. The van der Waals surface area contributed by atoms with Crippen LogP contribution in [0.15, 0.2) is 63.1 Å². The minimum atomic E-state index is -3.70. The van der Waals surface area contributed by atoms with Crippen LogP contribution in [0.4, 0.5) is 17.3 Å². The van der Waals surface area contributed by atoms with Crippen LogP contribution in [0, 0.1) is 12.8 Å². The fourth-order valence-electron chi connectivity index (χ4n) is 9.70. The molecule has 60 heavy (non-hydrogen) atoms. The van der Waals surface area contributed by atoms with Gasteiger partial charge in [-0.2, -0.15) is 9.29 Å². The van der Waals surface area contributed by atoms with Gasteiger partial charge in [-0.25, -0.2) is 18.2 Å². The number of aryl methyl sites for hydroxylation is 2. The number of nitrogens with one attached hydrogen (secondary N) is 2. The van der Waals surface area contributed by atoms with Crippen LogP contribution >= 0.6 is 11.6 Å². The first kappa shape index (κ1) is 40.3. The molecule has 4 aliphatic rings. The first-order chi connectivity index (χ1) is 28.8. The third-order valence-corrected chi connectivity index (χ3v) is 15.1. The minimum Gasteiger partial charge on any atom is -0.370 e. The van der Waals surface area contributed by atoms with E-state index in [1.54, 1.807) is 50.9 Å². The number of fused-ring (bicyclic) bond motifs is 2. The lowest BCUT2D eigenvalue weighted by Gasteiger charge is -2.43. The zero-order valence-corrected chi connectivity index (χ0v) is 35.5. The number of imidazole rings is 1. The van der Waals surface area contributed by atoms with Crippen molar-refractivity contribution < 1.29 is 18.0 Å². The van der Waals surface area contributed by atoms with Crippen molar-refractivity contribution in [3.05, 3.63) is 80.1 Å². The molecule has 1 saturated carbocycles. The molecule has 1 aliphatic carbocycles. The molecule has 16 nitrogen and oxygen atoms in total. The second-order valence-electron chi connectivity index (χ2n) is 16.8. The molecular weight excluding hydrogens is 808 g/mol. The topological polar surface area (TPSA) is 177 Å². The number of carbonyl (C=O) groups is 2. The van der Waals surface area contributed by atoms with E-state index in [0.717, 1.165) is 74.9 Å². The van der Waals surface area contributed by atoms with Gasteiger partial charge in [0.1, 0.15) is 16.7 Å². The van der Waals surface area contributed by atoms with Crippen molar-refractivity contribution in [2.24, 2.45) is 13.0 Å². The maximum Gasteiger partial charge on any atom is 0.329 e. The van der Waals surface area contributed by atoms with E-state index >= 15 is 0 Å². The van der Waals surface area contributed by atoms with Crippen molar-refractivity contribution in [3.8, 4) is 0 Å². The minimum absolute atomic E-state index is 0.0376. The van der Waals surface area contributed by atoms with Crippen LogP contribution in [0.25, 0.3) is 22.1 Å². The Labute approximate surface area is 352 Å². The lowest BCUT2D eigenvalue weighted by molar-refractivity contribution is -0.135. The molecule has 2 aromatic carbocycles. The number of piperidine rings is 2. The summed E-state index contributed by atoms with van der Waals surface area (Å²) in [5.41, 5.74) is 3.76. The summed E-state index contributed by atoms with van der Waals surface area (Å²) < 4.78 is 33.8. The number of benzene rings is 2. The molecule has 2 N–H and O–H groups in total. The van der Waals surface area contributed by atoms with Crippen LogP contribution in [0.5, 0.6) is 0 Å². The number of imide groups is 1. The Hall–Kier alpha value is -5.10. The number of halogens is 1. The Morgan fingerprint density at radius 1 is 0.967 bits per heavy atom. The average Bonchev–Trinajstić information content (AvgIpc) is 3.83. The monoisotopic (exact) mass is 856 g/mol. The number of carbonyl (C=O) groups excluding carboxylic acids is 2. The molecule has 0 spiro atoms. The third-order valence-electron chi connectivity index (χ3n) is 13.0. The second-order valence-corrected chi connectivity index (χ2v) is 19.2. The van der Waals surface area contributed by atoms with Crippen LogP contribution in [-0.4, -0.2) is 98.9 Å². The number of hydrogen-bond donors (Lipinski definition) is 2. The predicted molar refractivity (Wildman–Crippen MR) is 229 cm³/mol. The van der Waals surface area contributed by atoms with Gasteiger partial charge in [-0.3, -0.25) is 33.4 Å². The van der Waals surface area contributed by atoms with Crippen LogP contribution in [0.2, 0.25) is 5.02 Å². The molecular formula is C42H49ClN10O6S. The van der Waals surface area contributed by atoms with Crippen LogP contribution in [0.1, 0.15) is 69.0 Å². The number of hydrogen-bond acceptors (Lipinski definition) is 11. The van der Waals surface area contributed by atoms with E-state index in [2.05, 4.69) is 32.5 Å². The highest BCUT2D eigenvalue weighted by molar-refractivity contribution is 7.89. The average molecular weight is 857 g/mol. The maximum atomic E-state index is 13.7. The van der Waals surface area contributed by atoms with Gasteiger partial charge in [0.2, 0.25) is 27.8 Å². The molecule has 0 radical (unpaired) electrons. The van der Waals surface area contributed by atoms with Crippen LogP contribution < -0.4 is 26.8 Å². The third kappa shape index (κ3) is 7.18. The summed E-state index contributed by atoms with van der Waals surface area (Å²) in [5.74, 6) is -0.253. The Bertz CT molecular complexity index is 2770. The van der Waals surface area contributed by atoms with Gasteiger partial charge in [-0.05, 0) is 94.0 Å². The van der Waals surface area contributed by atoms with Gasteiger partial charge in [0, 0.05) is 75.5 Å². The van der Waals surface area contributed by atoms with E-state index in [1.165, 1.54) is 4.57 Å². The highest BCUT2D eigenvalue weighted by Crippen LogP contribution is 2.35. The first-order valence-corrected chi connectivity index (χ1v) is 22.5. The number of para-hydroxylation sites is 1. The molecule has 5 aromatic rings. The van der Waals surface area contributed by atoms with Crippen molar-refractivity contribution >= 4 is 72.8 Å². The van der Waals surface area contributed by atoms with Crippen molar-refractivity contribution in [3.63, 3.8) is 0 Å². The smallest absolute Gasteiger partial charge is 0.329 e. The molecule has 0 bridgehead atoms. The lowest BCUT2D eigenvalue weighted by atomic mass is 9.98. The molecule has 3 aliphatic heterocycles. The highest BCUT2D eigenvalue weighted by atomic mass is 35.5. The summed E-state index contributed by atoms with van der Waals surface area (Å²) in [5, 5.41) is 6.43. The molecule has 9 rings (SSSR count). The lowest BCUT2D eigenvalue weighted by Crippen LogP contribution is -2.55. The molecule has 1 atom stereocenters. The Kier molecular flexibility index (Phi) is 10.6. The zero-order chi connectivity index (χ0) is 42.0. The number of pyridine rings is 1. The molecule has 6 heterocycles. The molecule has 4 fully saturated rings. The Morgan fingerprint density at radius 3 is 2.43 bits per heavy atom. The van der Waals surface area contributed by atoms with Gasteiger partial charge in [-0.1, -0.05) is 30.5 Å². The summed E-state index contributed by atoms with van der Waals surface area (Å²) in [6, 6.07) is 12.0. The van der Waals surface area contributed by atoms with Crippen molar-refractivity contribution in [1.82, 2.24) is 38.2 Å². The number of rotatable bonds is 10. The standard InChI is InChI=1S/C42H49ClN10O6S/c1-25-19-30(11-12-32(25)45-41-44-21-27-20-31(43)40(56)52(38(27)47-41)29-7-4-5-8-29)60(58,59)51-23-26(24-51)22-48(2)28-15-17-50(18-16-28)33-9-6-10-34-37(33)49(3)42(57)53(34)35-13-14-36(54)46-39(35)55/h6,9-12,19-21,26,28-29,35H,4-5,7-8,13-18,22-24H2,1-3H3,(H,44,45,47)(H,46,54,55). The summed E-state index contributed by atoms with van der Waals surface area (Å²) >= 11 is 6.30. The van der Waals surface area contributed by atoms with E-state index in [4.69, 9.17) is 16.6 Å². The molecule has 1 unspecified atom stereocenters. The SMILES string of the molecule is Cc1cc(S(=O)(=O)N2CC(CN(C)C3CCN(c4cccc5c4n(C)c(=O)n5C4CCC(=O)NC4=O)CC3)C2)ccc1Nc1ncc2cc(Cl)c(=O)n(C3CCCC3)c2n1. The van der Waals surface area contributed by atoms with Gasteiger partial charge in [-0.15, -0.1) is 0 Å². The van der Waals surface area contributed by atoms with Crippen LogP contribution in [0.3, 0.4) is 0 Å². The van der Waals surface area contributed by atoms with Crippen molar-refractivity contribution in [2.75, 3.05) is 50.0 Å². The van der Waals surface area contributed by atoms with Crippen LogP contribution in [-0.2, 0) is 26.7 Å². The quantitative estimate of drug-likeness (QED) is 0.190. The summed E-state index contributed by atoms with van der Waals surface area (Å²) in [6.07, 6.45) is 7.81. The highest BCUT2D eigenvalue weighted by Gasteiger charge is 2.39. The number of sulfonamides is 1. The number of anilines is 3. The van der Waals surface area contributed by atoms with Crippen molar-refractivity contribution in [2.45, 2.75) is 81.3 Å². The van der Waals surface area contributed by atoms with Crippen molar-refractivity contribution in [1.29, 1.82) is 0 Å². The van der Waals surface area contributed by atoms with Gasteiger partial charge < -0.3 is 15.1 Å². The first-order valence-electron chi connectivity index (χ1n) is 20.7. The number of amides is 2. The zero-order valence-electron chi connectivity index (χ0n) is 33.9. The fraction of sp³-hybridized carbons (Fsp3) is 0.476. The number of nitrogens with zero attached hydrogens (tertiary/aromatic N) is 8. The summed E-state index contributed by atoms with van der Waals surface area (Å²) in [7, 11) is 0.137. The Morgan fingerprint density at radius 2 is 1.72 bits per heavy atom. The Balaban J connectivity index is 0.808. The van der Waals surface area contributed by atoms with Gasteiger partial charge in [0.25, 0.3) is 5.56 Å². The van der Waals surface area contributed by atoms with Gasteiger partial charge >= 0.3 is 5.69 Å². The van der Waals surface area contributed by atoms with Gasteiger partial charge in [0.05, 0.1) is 21.6 Å². The van der Waals surface area contributed by atoms with E-state index in [0.29, 0.717) is 47.3 Å². The van der Waals surface area contributed by atoms with Gasteiger partial charge in [0.15, 0.2) is 0 Å². The number of aromatic nitrogens is 5. The second kappa shape index (κ2) is 15.7. The van der Waals surface area contributed by atoms with E-state index in [9.17, 15) is 27.6 Å². The normalized spacial score (nSPS) is 20.1. The predicted octanol–water partition coefficient (Wildman–Crippen LogP) is 4.46. The largest absolute Gasteiger partial charge is 0.370 e. The summed E-state index contributed by atoms with van der Waals surface area (Å²) in [4.78, 5) is 65.1. The fourth-order valence-corrected chi connectivity index (χ4v) is 11.6. The van der Waals surface area contributed by atoms with E-state index in [1.807, 2.05) is 25.1 Å². The molecule has 18 heteroatoms. The molecule has 316 valence electrons. The molecule has 3 aromatic heterocycles. The van der Waals surface area contributed by atoms with E-state index < -0.39 is 22.0 Å². The van der Waals surface area contributed by atoms with E-state index in [-0.39, 0.29) is 51.9 Å².